The SMILES string of the molecule is COc1ccc(Cl)cc1C(=O)Nc1ccc(OCc2ccccc2)cc1. The molecule has 1 N–H and O–H groups in total. The average molecular weight is 368 g/mol. The lowest BCUT2D eigenvalue weighted by atomic mass is 10.2. The molecule has 132 valence electrons. The van der Waals surface area contributed by atoms with Crippen molar-refractivity contribution in [2.24, 2.45) is 0 Å². The van der Waals surface area contributed by atoms with Crippen LogP contribution in [0.1, 0.15) is 15.9 Å². The Morgan fingerprint density at radius 2 is 1.73 bits per heavy atom. The molecule has 0 heterocycles. The summed E-state index contributed by atoms with van der Waals surface area (Å²) in [7, 11) is 1.51. The molecule has 3 aromatic rings. The lowest BCUT2D eigenvalue weighted by Crippen LogP contribution is -2.13. The first-order valence-corrected chi connectivity index (χ1v) is 8.45. The van der Waals surface area contributed by atoms with Crippen LogP contribution in [0.2, 0.25) is 5.02 Å². The minimum atomic E-state index is -0.290. The number of ether oxygens (including phenoxy) is 2. The molecule has 3 aromatic carbocycles. The molecular formula is C21H18ClNO3. The number of rotatable bonds is 6. The first-order valence-electron chi connectivity index (χ1n) is 8.07. The van der Waals surface area contributed by atoms with Crippen LogP contribution in [0.4, 0.5) is 5.69 Å². The van der Waals surface area contributed by atoms with Gasteiger partial charge in [0.2, 0.25) is 0 Å². The summed E-state index contributed by atoms with van der Waals surface area (Å²) >= 11 is 5.97. The van der Waals surface area contributed by atoms with Crippen molar-refractivity contribution in [1.82, 2.24) is 0 Å². The van der Waals surface area contributed by atoms with Crippen molar-refractivity contribution in [3.63, 3.8) is 0 Å². The highest BCUT2D eigenvalue weighted by atomic mass is 35.5. The highest BCUT2D eigenvalue weighted by molar-refractivity contribution is 6.31. The Hall–Kier alpha value is -2.98. The number of amides is 1. The molecule has 0 bridgehead atoms. The molecule has 0 aliphatic carbocycles. The van der Waals surface area contributed by atoms with Gasteiger partial charge in [0.1, 0.15) is 18.1 Å². The fraction of sp³-hybridized carbons (Fsp3) is 0.0952. The van der Waals surface area contributed by atoms with Gasteiger partial charge in [-0.1, -0.05) is 41.9 Å². The monoisotopic (exact) mass is 367 g/mol. The van der Waals surface area contributed by atoms with Crippen molar-refractivity contribution in [3.8, 4) is 11.5 Å². The number of halogens is 1. The molecule has 26 heavy (non-hydrogen) atoms. The number of carbonyl (C=O) groups excluding carboxylic acids is 1. The van der Waals surface area contributed by atoms with Crippen molar-refractivity contribution in [3.05, 3.63) is 88.9 Å². The molecule has 3 rings (SSSR count). The maximum atomic E-state index is 12.5. The number of methoxy groups -OCH3 is 1. The topological polar surface area (TPSA) is 47.6 Å². The second kappa shape index (κ2) is 8.41. The van der Waals surface area contributed by atoms with E-state index in [0.717, 1.165) is 11.3 Å². The fourth-order valence-electron chi connectivity index (χ4n) is 2.43. The summed E-state index contributed by atoms with van der Waals surface area (Å²) in [4.78, 5) is 12.5. The van der Waals surface area contributed by atoms with Gasteiger partial charge in [0.15, 0.2) is 0 Å². The average Bonchev–Trinajstić information content (AvgIpc) is 2.68. The summed E-state index contributed by atoms with van der Waals surface area (Å²) < 4.78 is 11.0. The Labute approximate surface area is 157 Å². The highest BCUT2D eigenvalue weighted by Crippen LogP contribution is 2.24. The zero-order valence-corrected chi connectivity index (χ0v) is 15.0. The molecule has 0 aromatic heterocycles. The van der Waals surface area contributed by atoms with E-state index in [4.69, 9.17) is 21.1 Å². The van der Waals surface area contributed by atoms with Gasteiger partial charge < -0.3 is 14.8 Å². The molecule has 0 unspecified atom stereocenters. The Balaban J connectivity index is 1.64. The van der Waals surface area contributed by atoms with Crippen LogP contribution >= 0.6 is 11.6 Å². The Bertz CT molecular complexity index is 880. The second-order valence-corrected chi connectivity index (χ2v) is 6.03. The molecule has 0 saturated heterocycles. The number of benzene rings is 3. The van der Waals surface area contributed by atoms with E-state index >= 15 is 0 Å². The zero-order chi connectivity index (χ0) is 18.4. The Morgan fingerprint density at radius 3 is 2.42 bits per heavy atom. The number of hydrogen-bond donors (Lipinski definition) is 1. The van der Waals surface area contributed by atoms with Crippen LogP contribution in [0, 0.1) is 0 Å². The van der Waals surface area contributed by atoms with E-state index in [1.54, 1.807) is 30.3 Å². The van der Waals surface area contributed by atoms with Gasteiger partial charge in [-0.2, -0.15) is 0 Å². The van der Waals surface area contributed by atoms with Crippen molar-refractivity contribution >= 4 is 23.2 Å². The van der Waals surface area contributed by atoms with Gasteiger partial charge in [0.05, 0.1) is 12.7 Å². The van der Waals surface area contributed by atoms with Crippen molar-refractivity contribution in [1.29, 1.82) is 0 Å². The van der Waals surface area contributed by atoms with Gasteiger partial charge in [0, 0.05) is 10.7 Å². The summed E-state index contributed by atoms with van der Waals surface area (Å²) in [6, 6.07) is 22.0. The Morgan fingerprint density at radius 1 is 1.00 bits per heavy atom. The van der Waals surface area contributed by atoms with E-state index in [1.807, 2.05) is 42.5 Å². The third-order valence-electron chi connectivity index (χ3n) is 3.77. The largest absolute Gasteiger partial charge is 0.496 e. The van der Waals surface area contributed by atoms with Gasteiger partial charge in [-0.15, -0.1) is 0 Å². The molecular weight excluding hydrogens is 350 g/mol. The number of nitrogens with one attached hydrogen (secondary N) is 1. The van der Waals surface area contributed by atoms with Gasteiger partial charge >= 0.3 is 0 Å². The van der Waals surface area contributed by atoms with Crippen molar-refractivity contribution in [2.75, 3.05) is 12.4 Å². The van der Waals surface area contributed by atoms with E-state index in [0.29, 0.717) is 28.6 Å². The maximum absolute atomic E-state index is 12.5. The molecule has 0 aliphatic rings. The molecule has 0 saturated carbocycles. The van der Waals surface area contributed by atoms with Crippen molar-refractivity contribution < 1.29 is 14.3 Å². The Kier molecular flexibility index (Phi) is 5.77. The zero-order valence-electron chi connectivity index (χ0n) is 14.2. The van der Waals surface area contributed by atoms with Crippen LogP contribution in [0.25, 0.3) is 0 Å². The first kappa shape index (κ1) is 17.8. The van der Waals surface area contributed by atoms with Crippen LogP contribution in [-0.4, -0.2) is 13.0 Å². The first-order chi connectivity index (χ1) is 12.7. The minimum absolute atomic E-state index is 0.290. The number of hydrogen-bond acceptors (Lipinski definition) is 3. The third-order valence-corrected chi connectivity index (χ3v) is 4.00. The fourth-order valence-corrected chi connectivity index (χ4v) is 2.60. The summed E-state index contributed by atoms with van der Waals surface area (Å²) in [5, 5.41) is 3.30. The smallest absolute Gasteiger partial charge is 0.259 e. The normalized spacial score (nSPS) is 10.2. The molecule has 4 nitrogen and oxygen atoms in total. The molecule has 0 spiro atoms. The van der Waals surface area contributed by atoms with Crippen LogP contribution in [0.3, 0.4) is 0 Å². The minimum Gasteiger partial charge on any atom is -0.496 e. The quantitative estimate of drug-likeness (QED) is 0.653. The van der Waals surface area contributed by atoms with E-state index in [-0.39, 0.29) is 5.91 Å². The van der Waals surface area contributed by atoms with Crippen LogP contribution < -0.4 is 14.8 Å². The molecule has 0 radical (unpaired) electrons. The van der Waals surface area contributed by atoms with Gasteiger partial charge in [-0.25, -0.2) is 0 Å². The van der Waals surface area contributed by atoms with E-state index < -0.39 is 0 Å². The number of carbonyl (C=O) groups is 1. The van der Waals surface area contributed by atoms with Crippen LogP contribution in [-0.2, 0) is 6.61 Å². The van der Waals surface area contributed by atoms with Gasteiger partial charge in [-0.3, -0.25) is 4.79 Å². The summed E-state index contributed by atoms with van der Waals surface area (Å²) in [6.45, 7) is 0.492. The third kappa shape index (κ3) is 4.55. The molecule has 0 aliphatic heterocycles. The van der Waals surface area contributed by atoms with Crippen LogP contribution in [0.5, 0.6) is 11.5 Å². The number of anilines is 1. The van der Waals surface area contributed by atoms with Gasteiger partial charge in [-0.05, 0) is 48.0 Å². The summed E-state index contributed by atoms with van der Waals surface area (Å²) in [6.07, 6.45) is 0. The van der Waals surface area contributed by atoms with Crippen molar-refractivity contribution in [2.45, 2.75) is 6.61 Å². The van der Waals surface area contributed by atoms with E-state index in [1.165, 1.54) is 7.11 Å². The predicted octanol–water partition coefficient (Wildman–Crippen LogP) is 5.18. The van der Waals surface area contributed by atoms with E-state index in [9.17, 15) is 4.79 Å². The lowest BCUT2D eigenvalue weighted by molar-refractivity contribution is 0.102. The van der Waals surface area contributed by atoms with Crippen LogP contribution in [0.15, 0.2) is 72.8 Å². The molecule has 5 heteroatoms. The highest BCUT2D eigenvalue weighted by Gasteiger charge is 2.13. The molecule has 1 amide bonds. The second-order valence-electron chi connectivity index (χ2n) is 5.60. The van der Waals surface area contributed by atoms with Gasteiger partial charge in [0.25, 0.3) is 5.91 Å². The molecule has 0 atom stereocenters. The maximum Gasteiger partial charge on any atom is 0.259 e. The molecule has 0 fully saturated rings. The summed E-state index contributed by atoms with van der Waals surface area (Å²) in [5.74, 6) is 0.907. The predicted molar refractivity (Wildman–Crippen MR) is 103 cm³/mol. The summed E-state index contributed by atoms with van der Waals surface area (Å²) in [5.41, 5.74) is 2.13. The van der Waals surface area contributed by atoms with E-state index in [2.05, 4.69) is 5.32 Å². The lowest BCUT2D eigenvalue weighted by Gasteiger charge is -2.11. The standard InChI is InChI=1S/C21H18ClNO3/c1-25-20-12-7-16(22)13-19(20)21(24)23-17-8-10-18(11-9-17)26-14-15-5-3-2-4-6-15/h2-13H,14H2,1H3,(H,23,24).